The number of hydrogen-bond acceptors (Lipinski definition) is 4. The highest BCUT2D eigenvalue weighted by atomic mass is 19.1. The second-order valence-corrected chi connectivity index (χ2v) is 7.56. The van der Waals surface area contributed by atoms with Gasteiger partial charge in [-0.25, -0.2) is 22.8 Å². The third-order valence-corrected chi connectivity index (χ3v) is 5.14. The topological polar surface area (TPSA) is 112 Å². The van der Waals surface area contributed by atoms with Gasteiger partial charge in [0.05, 0.1) is 24.4 Å². The number of anilines is 2. The van der Waals surface area contributed by atoms with Crippen molar-refractivity contribution >= 4 is 23.4 Å². The van der Waals surface area contributed by atoms with E-state index in [2.05, 4.69) is 21.3 Å². The first-order chi connectivity index (χ1) is 15.8. The van der Waals surface area contributed by atoms with Crippen LogP contribution in [0.1, 0.15) is 19.3 Å². The maximum Gasteiger partial charge on any atom is 0.319 e. The van der Waals surface area contributed by atoms with E-state index in [0.717, 1.165) is 18.2 Å². The molecular weight excluding hydrogens is 441 g/mol. The third kappa shape index (κ3) is 7.36. The molecule has 1 aliphatic rings. The van der Waals surface area contributed by atoms with Crippen LogP contribution in [0.5, 0.6) is 0 Å². The second kappa shape index (κ2) is 11.5. The van der Waals surface area contributed by atoms with E-state index < -0.39 is 41.7 Å². The Hall–Kier alpha value is -3.31. The van der Waals surface area contributed by atoms with Crippen LogP contribution < -0.4 is 21.3 Å². The Labute approximate surface area is 188 Å². The Balaban J connectivity index is 1.41. The van der Waals surface area contributed by atoms with Gasteiger partial charge in [0.15, 0.2) is 0 Å². The minimum atomic E-state index is -0.777. The van der Waals surface area contributed by atoms with Crippen molar-refractivity contribution in [3.8, 4) is 0 Å². The summed E-state index contributed by atoms with van der Waals surface area (Å²) in [6.07, 6.45) is 0.559. The zero-order chi connectivity index (χ0) is 23.8. The van der Waals surface area contributed by atoms with Gasteiger partial charge in [0.1, 0.15) is 23.6 Å². The Morgan fingerprint density at radius 2 is 1.70 bits per heavy atom. The van der Waals surface area contributed by atoms with E-state index in [1.54, 1.807) is 0 Å². The van der Waals surface area contributed by atoms with E-state index >= 15 is 0 Å². The van der Waals surface area contributed by atoms with Gasteiger partial charge >= 0.3 is 12.1 Å². The molecule has 1 aliphatic heterocycles. The van der Waals surface area contributed by atoms with Gasteiger partial charge in [0.2, 0.25) is 0 Å². The van der Waals surface area contributed by atoms with Gasteiger partial charge in [0, 0.05) is 18.3 Å². The zero-order valence-corrected chi connectivity index (χ0v) is 17.6. The fourth-order valence-electron chi connectivity index (χ4n) is 3.48. The van der Waals surface area contributed by atoms with Crippen LogP contribution in [0.25, 0.3) is 0 Å². The number of urea groups is 2. The Morgan fingerprint density at radius 3 is 2.42 bits per heavy atom. The normalized spacial score (nSPS) is 20.1. The van der Waals surface area contributed by atoms with E-state index in [0.29, 0.717) is 31.5 Å². The van der Waals surface area contributed by atoms with Gasteiger partial charge in [-0.05, 0) is 55.7 Å². The molecule has 2 aromatic rings. The van der Waals surface area contributed by atoms with Crippen LogP contribution in [0, 0.1) is 17.5 Å². The van der Waals surface area contributed by atoms with Crippen molar-refractivity contribution < 1.29 is 32.6 Å². The van der Waals surface area contributed by atoms with Crippen molar-refractivity contribution in [2.24, 2.45) is 0 Å². The van der Waals surface area contributed by atoms with Crippen LogP contribution in [-0.4, -0.2) is 48.6 Å². The number of benzene rings is 2. The molecule has 11 heteroatoms. The zero-order valence-electron chi connectivity index (χ0n) is 17.6. The lowest BCUT2D eigenvalue weighted by Crippen LogP contribution is -2.52. The number of aliphatic hydroxyl groups excluding tert-OH is 1. The van der Waals surface area contributed by atoms with Gasteiger partial charge in [-0.2, -0.15) is 0 Å². The lowest BCUT2D eigenvalue weighted by atomic mass is 9.97. The van der Waals surface area contributed by atoms with E-state index in [-0.39, 0.29) is 18.4 Å². The van der Waals surface area contributed by atoms with Crippen LogP contribution in [0.3, 0.4) is 0 Å². The summed E-state index contributed by atoms with van der Waals surface area (Å²) in [6.45, 7) is -0.0540. The number of aliphatic hydroxyl groups is 1. The summed E-state index contributed by atoms with van der Waals surface area (Å²) in [6, 6.07) is 6.35. The number of rotatable bonds is 7. The molecule has 0 unspecified atom stereocenters. The molecule has 0 aliphatic carbocycles. The summed E-state index contributed by atoms with van der Waals surface area (Å²) in [5.74, 6) is -1.87. The van der Waals surface area contributed by atoms with E-state index in [9.17, 15) is 27.9 Å². The number of hydrogen-bond donors (Lipinski definition) is 5. The molecule has 4 amide bonds. The van der Waals surface area contributed by atoms with Crippen LogP contribution in [0.2, 0.25) is 0 Å². The van der Waals surface area contributed by atoms with Crippen molar-refractivity contribution in [2.45, 2.75) is 37.5 Å². The van der Waals surface area contributed by atoms with Crippen LogP contribution in [-0.2, 0) is 4.74 Å². The minimum absolute atomic E-state index is 0.255. The van der Waals surface area contributed by atoms with Crippen molar-refractivity contribution in [2.75, 3.05) is 23.8 Å². The Bertz CT molecular complexity index is 961. The first kappa shape index (κ1) is 24.3. The highest BCUT2D eigenvalue weighted by Gasteiger charge is 2.32. The molecule has 5 N–H and O–H groups in total. The van der Waals surface area contributed by atoms with E-state index in [1.165, 1.54) is 24.3 Å². The lowest BCUT2D eigenvalue weighted by Gasteiger charge is -2.36. The van der Waals surface area contributed by atoms with Crippen molar-refractivity contribution in [3.63, 3.8) is 0 Å². The molecule has 0 spiro atoms. The van der Waals surface area contributed by atoms with Crippen molar-refractivity contribution in [3.05, 3.63) is 59.9 Å². The standard InChI is InChI=1S/C22H25F3N4O4/c23-13-1-4-15(5-2-13)27-21(31)26-10-9-16-6-8-18(20(12-30)33-16)28-22(32)29-19-11-14(24)3-7-17(19)25/h1-5,7,11,16,18,20,30H,6,8-10,12H2,(H2,26,27,31)(H2,28,29,32)/t16-,18-,20-/m1/s1. The van der Waals surface area contributed by atoms with E-state index in [1.807, 2.05) is 0 Å². The van der Waals surface area contributed by atoms with Crippen molar-refractivity contribution in [1.29, 1.82) is 0 Å². The number of ether oxygens (including phenoxy) is 1. The summed E-state index contributed by atoms with van der Waals surface area (Å²) in [5.41, 5.74) is 0.154. The highest BCUT2D eigenvalue weighted by molar-refractivity contribution is 5.90. The summed E-state index contributed by atoms with van der Waals surface area (Å²) in [4.78, 5) is 24.1. The predicted octanol–water partition coefficient (Wildman–Crippen LogP) is 3.35. The molecule has 8 nitrogen and oxygen atoms in total. The SMILES string of the molecule is O=C(NCC[C@H]1CC[C@@H](NC(=O)Nc2cc(F)ccc2F)[C@@H](CO)O1)Nc1ccc(F)cc1. The average Bonchev–Trinajstić information content (AvgIpc) is 2.78. The first-order valence-corrected chi connectivity index (χ1v) is 10.4. The average molecular weight is 466 g/mol. The largest absolute Gasteiger partial charge is 0.394 e. The fourth-order valence-corrected chi connectivity index (χ4v) is 3.48. The molecule has 1 heterocycles. The molecule has 0 bridgehead atoms. The number of nitrogens with one attached hydrogen (secondary N) is 4. The quantitative estimate of drug-likeness (QED) is 0.431. The third-order valence-electron chi connectivity index (χ3n) is 5.14. The lowest BCUT2D eigenvalue weighted by molar-refractivity contribution is -0.0885. The highest BCUT2D eigenvalue weighted by Crippen LogP contribution is 2.22. The smallest absolute Gasteiger partial charge is 0.319 e. The number of carbonyl (C=O) groups is 2. The predicted molar refractivity (Wildman–Crippen MR) is 115 cm³/mol. The molecule has 33 heavy (non-hydrogen) atoms. The molecule has 3 atom stereocenters. The van der Waals surface area contributed by atoms with Gasteiger partial charge in [-0.1, -0.05) is 0 Å². The summed E-state index contributed by atoms with van der Waals surface area (Å²) < 4.78 is 45.7. The molecule has 0 radical (unpaired) electrons. The monoisotopic (exact) mass is 466 g/mol. The van der Waals surface area contributed by atoms with E-state index in [4.69, 9.17) is 4.74 Å². The molecule has 0 saturated carbocycles. The second-order valence-electron chi connectivity index (χ2n) is 7.56. The molecule has 2 aromatic carbocycles. The Kier molecular flexibility index (Phi) is 8.50. The fraction of sp³-hybridized carbons (Fsp3) is 0.364. The maximum atomic E-state index is 13.7. The van der Waals surface area contributed by atoms with Crippen LogP contribution in [0.4, 0.5) is 34.1 Å². The molecule has 0 aromatic heterocycles. The minimum Gasteiger partial charge on any atom is -0.394 e. The molecular formula is C22H25F3N4O4. The summed E-state index contributed by atoms with van der Waals surface area (Å²) in [7, 11) is 0. The summed E-state index contributed by atoms with van der Waals surface area (Å²) in [5, 5.41) is 19.8. The summed E-state index contributed by atoms with van der Waals surface area (Å²) >= 11 is 0. The van der Waals surface area contributed by atoms with Crippen molar-refractivity contribution in [1.82, 2.24) is 10.6 Å². The maximum absolute atomic E-state index is 13.7. The van der Waals surface area contributed by atoms with Gasteiger partial charge in [-0.15, -0.1) is 0 Å². The Morgan fingerprint density at radius 1 is 0.970 bits per heavy atom. The van der Waals surface area contributed by atoms with Crippen LogP contribution >= 0.6 is 0 Å². The van der Waals surface area contributed by atoms with Gasteiger partial charge < -0.3 is 31.1 Å². The number of halogens is 3. The molecule has 3 rings (SSSR count). The molecule has 1 saturated heterocycles. The number of carbonyl (C=O) groups excluding carboxylic acids is 2. The first-order valence-electron chi connectivity index (χ1n) is 10.4. The number of amides is 4. The van der Waals surface area contributed by atoms with Gasteiger partial charge in [0.25, 0.3) is 0 Å². The molecule has 1 fully saturated rings. The molecule has 178 valence electrons. The van der Waals surface area contributed by atoms with Gasteiger partial charge in [-0.3, -0.25) is 0 Å². The van der Waals surface area contributed by atoms with Crippen LogP contribution in [0.15, 0.2) is 42.5 Å².